The quantitative estimate of drug-likeness (QED) is 0.101. The van der Waals surface area contributed by atoms with Crippen LogP contribution in [0.2, 0.25) is 23.2 Å². The fourth-order valence-electron chi connectivity index (χ4n) is 8.46. The highest BCUT2D eigenvalue weighted by atomic mass is 28.4. The number of carbonyl (C=O) groups excluding carboxylic acids is 2. The molecule has 0 N–H and O–H groups in total. The molecule has 2 heterocycles. The van der Waals surface area contributed by atoms with Gasteiger partial charge in [-0.25, -0.2) is 4.79 Å². The molecule has 1 spiro atoms. The lowest BCUT2D eigenvalue weighted by Gasteiger charge is -2.57. The number of morpholine rings is 1. The molecule has 2 fully saturated rings. The molecule has 9 heteroatoms. The molecule has 4 atom stereocenters. The first-order valence-electron chi connectivity index (χ1n) is 18.9. The predicted molar refractivity (Wildman–Crippen MR) is 210 cm³/mol. The van der Waals surface area contributed by atoms with Gasteiger partial charge in [-0.2, -0.15) is 0 Å². The van der Waals surface area contributed by atoms with Crippen LogP contribution in [0.3, 0.4) is 0 Å². The highest BCUT2D eigenvalue weighted by molar-refractivity contribution is 6.99. The smallest absolute Gasteiger partial charge is 0.335 e. The zero-order valence-electron chi connectivity index (χ0n) is 33.4. The van der Waals surface area contributed by atoms with E-state index in [4.69, 9.17) is 18.3 Å². The molecule has 1 amide bonds. The van der Waals surface area contributed by atoms with Crippen LogP contribution in [0.15, 0.2) is 72.3 Å². The molecule has 51 heavy (non-hydrogen) atoms. The average Bonchev–Trinajstić information content (AvgIpc) is 3.52. The van der Waals surface area contributed by atoms with Crippen molar-refractivity contribution in [3.63, 3.8) is 0 Å². The van der Waals surface area contributed by atoms with Gasteiger partial charge in [0, 0.05) is 18.4 Å². The number of esters is 1. The number of nitrogens with zero attached hydrogens (tertiary/aromatic N) is 1. The molecule has 2 aromatic rings. The second-order valence-electron chi connectivity index (χ2n) is 18.4. The SMILES string of the molecule is CC(C)[C@]12COCN1C(=O)[C@]1(C[C@@H](C)C(CO[Si](c3ccccc3)(c3ccccc3)C(C)(C)C)=C[C@]1(C)CCCO[Si](C)(C)C(C)(C)C)OC2=O. The van der Waals surface area contributed by atoms with E-state index in [1.54, 1.807) is 4.90 Å². The molecule has 0 aromatic heterocycles. The number of hydrogen-bond donors (Lipinski definition) is 0. The minimum atomic E-state index is -2.83. The van der Waals surface area contributed by atoms with E-state index in [1.807, 2.05) is 13.8 Å². The van der Waals surface area contributed by atoms with Crippen molar-refractivity contribution in [1.82, 2.24) is 4.90 Å². The number of amides is 1. The third-order valence-corrected chi connectivity index (χ3v) is 22.3. The van der Waals surface area contributed by atoms with E-state index in [9.17, 15) is 9.59 Å². The van der Waals surface area contributed by atoms with Gasteiger partial charge < -0.3 is 18.3 Å². The average molecular weight is 734 g/mol. The standard InChI is InChI=1S/C42H63NO6Si2/c1-31(2)41-29-46-30-43(41)36(44)42(49-37(41)45)26-32(3)33(27-40(42,10)24-19-25-47-50(11,12)38(4,5)6)28-48-51(39(7,8)9,34-20-15-13-16-21-34)35-22-17-14-18-23-35/h13-18,20-23,27,31-32H,19,24-26,28-30H2,1-12H3/t32-,40+,41+,42+/m1/s1. The molecule has 1 aliphatic carbocycles. The van der Waals surface area contributed by atoms with Gasteiger partial charge in [-0.3, -0.25) is 9.69 Å². The number of fused-ring (bicyclic) bond motifs is 1. The minimum absolute atomic E-state index is 0.0633. The van der Waals surface area contributed by atoms with Crippen LogP contribution in [0.1, 0.15) is 88.5 Å². The minimum Gasteiger partial charge on any atom is -0.446 e. The fourth-order valence-corrected chi connectivity index (χ4v) is 14.1. The first kappa shape index (κ1) is 39.6. The first-order chi connectivity index (χ1) is 23.7. The summed E-state index contributed by atoms with van der Waals surface area (Å²) < 4.78 is 26.5. The number of hydrogen-bond acceptors (Lipinski definition) is 6. The zero-order valence-corrected chi connectivity index (χ0v) is 35.4. The summed E-state index contributed by atoms with van der Waals surface area (Å²) in [6.45, 7) is 27.6. The van der Waals surface area contributed by atoms with Crippen molar-refractivity contribution in [2.24, 2.45) is 17.3 Å². The summed E-state index contributed by atoms with van der Waals surface area (Å²) in [5.41, 5.74) is -2.11. The summed E-state index contributed by atoms with van der Waals surface area (Å²) in [5, 5.41) is 2.37. The molecule has 0 radical (unpaired) electrons. The monoisotopic (exact) mass is 733 g/mol. The Hall–Kier alpha value is -2.57. The highest BCUT2D eigenvalue weighted by Gasteiger charge is 2.70. The lowest BCUT2D eigenvalue weighted by Crippen LogP contribution is -2.74. The maximum atomic E-state index is 14.9. The van der Waals surface area contributed by atoms with Crippen molar-refractivity contribution >= 4 is 38.9 Å². The number of benzene rings is 2. The molecule has 7 nitrogen and oxygen atoms in total. The van der Waals surface area contributed by atoms with Gasteiger partial charge in [0.05, 0.1) is 13.2 Å². The van der Waals surface area contributed by atoms with Gasteiger partial charge in [0.15, 0.2) is 19.5 Å². The van der Waals surface area contributed by atoms with Crippen LogP contribution in [0, 0.1) is 17.3 Å². The van der Waals surface area contributed by atoms with Crippen LogP contribution in [0.4, 0.5) is 0 Å². The Bertz CT molecular complexity index is 1560. The predicted octanol–water partition coefficient (Wildman–Crippen LogP) is 7.84. The molecule has 0 unspecified atom stereocenters. The van der Waals surface area contributed by atoms with Crippen molar-refractivity contribution in [3.05, 3.63) is 72.3 Å². The molecule has 0 bridgehead atoms. The molecular formula is C42H63NO6Si2. The Morgan fingerprint density at radius 1 is 0.902 bits per heavy atom. The van der Waals surface area contributed by atoms with Gasteiger partial charge in [-0.1, -0.05) is 136 Å². The molecule has 2 saturated heterocycles. The Morgan fingerprint density at radius 2 is 1.47 bits per heavy atom. The van der Waals surface area contributed by atoms with E-state index in [1.165, 1.54) is 10.4 Å². The van der Waals surface area contributed by atoms with E-state index in [0.717, 1.165) is 12.0 Å². The molecule has 2 aromatic carbocycles. The van der Waals surface area contributed by atoms with E-state index in [2.05, 4.69) is 135 Å². The van der Waals surface area contributed by atoms with Crippen LogP contribution in [-0.4, -0.2) is 71.1 Å². The molecular weight excluding hydrogens is 671 g/mol. The third-order valence-electron chi connectivity index (χ3n) is 12.8. The molecule has 3 aliphatic rings. The number of ether oxygens (including phenoxy) is 2. The molecule has 5 rings (SSSR count). The van der Waals surface area contributed by atoms with Crippen molar-refractivity contribution in [1.29, 1.82) is 0 Å². The van der Waals surface area contributed by atoms with Gasteiger partial charge in [0.25, 0.3) is 14.2 Å². The van der Waals surface area contributed by atoms with E-state index < -0.39 is 33.2 Å². The van der Waals surface area contributed by atoms with E-state index in [0.29, 0.717) is 26.1 Å². The van der Waals surface area contributed by atoms with Crippen LogP contribution in [0.25, 0.3) is 0 Å². The summed E-state index contributed by atoms with van der Waals surface area (Å²) in [6.07, 6.45) is 3.99. The maximum Gasteiger partial charge on any atom is 0.335 e. The summed E-state index contributed by atoms with van der Waals surface area (Å²) in [6, 6.07) is 21.4. The second kappa shape index (κ2) is 14.0. The second-order valence-corrected chi connectivity index (χ2v) is 27.5. The fraction of sp³-hybridized carbons (Fsp3) is 0.619. The molecule has 0 saturated carbocycles. The zero-order chi connectivity index (χ0) is 37.7. The normalized spacial score (nSPS) is 27.5. The van der Waals surface area contributed by atoms with Crippen molar-refractivity contribution in [2.75, 3.05) is 26.6 Å². The molecule has 280 valence electrons. The van der Waals surface area contributed by atoms with Gasteiger partial charge >= 0.3 is 5.97 Å². The van der Waals surface area contributed by atoms with Crippen molar-refractivity contribution in [2.45, 2.75) is 123 Å². The number of carbonyl (C=O) groups is 2. The van der Waals surface area contributed by atoms with Crippen molar-refractivity contribution in [3.8, 4) is 0 Å². The number of rotatable bonds is 11. The summed E-state index contributed by atoms with van der Waals surface area (Å²) in [4.78, 5) is 30.9. The van der Waals surface area contributed by atoms with Gasteiger partial charge in [0.1, 0.15) is 6.73 Å². The lowest BCUT2D eigenvalue weighted by molar-refractivity contribution is -0.220. The largest absolute Gasteiger partial charge is 0.446 e. The van der Waals surface area contributed by atoms with Gasteiger partial charge in [-0.05, 0) is 63.8 Å². The van der Waals surface area contributed by atoms with Crippen LogP contribution >= 0.6 is 0 Å². The van der Waals surface area contributed by atoms with Crippen LogP contribution in [0.5, 0.6) is 0 Å². The molecule has 2 aliphatic heterocycles. The summed E-state index contributed by atoms with van der Waals surface area (Å²) in [7, 11) is -4.80. The van der Waals surface area contributed by atoms with Gasteiger partial charge in [0.2, 0.25) is 0 Å². The topological polar surface area (TPSA) is 74.3 Å². The maximum absolute atomic E-state index is 14.9. The Kier molecular flexibility index (Phi) is 10.9. The third kappa shape index (κ3) is 6.64. The van der Waals surface area contributed by atoms with Gasteiger partial charge in [-0.15, -0.1) is 0 Å². The lowest BCUT2D eigenvalue weighted by atomic mass is 9.59. The van der Waals surface area contributed by atoms with Crippen LogP contribution in [-0.2, 0) is 27.9 Å². The van der Waals surface area contributed by atoms with Crippen LogP contribution < -0.4 is 10.4 Å². The summed E-state index contributed by atoms with van der Waals surface area (Å²) in [5.74, 6) is -0.710. The highest BCUT2D eigenvalue weighted by Crippen LogP contribution is 2.55. The van der Waals surface area contributed by atoms with E-state index in [-0.39, 0.29) is 47.1 Å². The Balaban J connectivity index is 1.56. The van der Waals surface area contributed by atoms with Crippen molar-refractivity contribution < 1.29 is 27.9 Å². The van der Waals surface area contributed by atoms with E-state index >= 15 is 0 Å². The Morgan fingerprint density at radius 3 is 1.98 bits per heavy atom. The Labute approximate surface area is 309 Å². The summed E-state index contributed by atoms with van der Waals surface area (Å²) >= 11 is 0. The first-order valence-corrected chi connectivity index (χ1v) is 23.7.